The highest BCUT2D eigenvalue weighted by Gasteiger charge is 2.31. The van der Waals surface area contributed by atoms with Crippen molar-refractivity contribution in [2.75, 3.05) is 31.1 Å². The highest BCUT2D eigenvalue weighted by atomic mass is 19.1. The quantitative estimate of drug-likeness (QED) is 0.509. The van der Waals surface area contributed by atoms with E-state index >= 15 is 0 Å². The van der Waals surface area contributed by atoms with Gasteiger partial charge in [0.25, 0.3) is 0 Å². The lowest BCUT2D eigenvalue weighted by Gasteiger charge is -2.38. The van der Waals surface area contributed by atoms with Gasteiger partial charge in [-0.2, -0.15) is 0 Å². The Hall–Kier alpha value is -3.32. The first-order chi connectivity index (χ1) is 15.3. The smallest absolute Gasteiger partial charge is 0.167 e. The molecule has 0 unspecified atom stereocenters. The van der Waals surface area contributed by atoms with Crippen molar-refractivity contribution in [2.24, 2.45) is 0 Å². The van der Waals surface area contributed by atoms with E-state index in [1.165, 1.54) is 31.5 Å². The van der Waals surface area contributed by atoms with Gasteiger partial charge in [-0.25, -0.2) is 14.4 Å². The Labute approximate surface area is 180 Å². The number of pyridine rings is 2. The van der Waals surface area contributed by atoms with Crippen LogP contribution in [0.2, 0.25) is 0 Å². The Balaban J connectivity index is 1.48. The molecule has 0 bridgehead atoms. The first kappa shape index (κ1) is 18.4. The van der Waals surface area contributed by atoms with E-state index in [0.29, 0.717) is 6.04 Å². The van der Waals surface area contributed by atoms with Gasteiger partial charge in [-0.1, -0.05) is 0 Å². The van der Waals surface area contributed by atoms with Crippen LogP contribution in [0.3, 0.4) is 0 Å². The number of aromatic nitrogens is 4. The topological polar surface area (TPSA) is 50.1 Å². The van der Waals surface area contributed by atoms with Crippen LogP contribution in [-0.4, -0.2) is 56.6 Å². The summed E-state index contributed by atoms with van der Waals surface area (Å²) in [5.74, 6) is 1.47. The second-order valence-electron chi connectivity index (χ2n) is 8.27. The standard InChI is InChI=1S/C24H23FN6/c25-18-5-3-17(4-6-18)23-27-21-7-8-22(30-15-14-29-13-1-2-20(29)16-30)28-24(21)31(23)19-9-11-26-12-10-19/h3-12,20H,1-2,13-16H2/t20-/m1/s1. The lowest BCUT2D eigenvalue weighted by Crippen LogP contribution is -2.50. The number of nitrogens with zero attached hydrogens (tertiary/aromatic N) is 6. The van der Waals surface area contributed by atoms with Gasteiger partial charge in [-0.05, 0) is 67.9 Å². The van der Waals surface area contributed by atoms with E-state index in [1.807, 2.05) is 22.8 Å². The maximum absolute atomic E-state index is 13.5. The van der Waals surface area contributed by atoms with Crippen molar-refractivity contribution in [2.45, 2.75) is 18.9 Å². The molecule has 0 radical (unpaired) electrons. The first-order valence-electron chi connectivity index (χ1n) is 10.8. The number of imidazole rings is 1. The maximum Gasteiger partial charge on any atom is 0.167 e. The molecule has 156 valence electrons. The highest BCUT2D eigenvalue weighted by molar-refractivity contribution is 5.81. The van der Waals surface area contributed by atoms with Gasteiger partial charge in [-0.3, -0.25) is 14.5 Å². The summed E-state index contributed by atoms with van der Waals surface area (Å²) < 4.78 is 15.6. The van der Waals surface area contributed by atoms with Gasteiger partial charge < -0.3 is 4.90 Å². The van der Waals surface area contributed by atoms with Crippen LogP contribution < -0.4 is 4.90 Å². The molecule has 2 aliphatic heterocycles. The Morgan fingerprint density at radius 2 is 1.71 bits per heavy atom. The molecule has 0 saturated carbocycles. The predicted molar refractivity (Wildman–Crippen MR) is 119 cm³/mol. The summed E-state index contributed by atoms with van der Waals surface area (Å²) in [6.45, 7) is 4.32. The molecule has 2 aliphatic rings. The van der Waals surface area contributed by atoms with E-state index in [0.717, 1.165) is 53.7 Å². The number of piperazine rings is 1. The zero-order valence-corrected chi connectivity index (χ0v) is 17.2. The lowest BCUT2D eigenvalue weighted by atomic mass is 10.1. The van der Waals surface area contributed by atoms with Crippen LogP contribution in [0.4, 0.5) is 10.2 Å². The first-order valence-corrected chi connectivity index (χ1v) is 10.8. The normalized spacial score (nSPS) is 19.1. The molecule has 6 rings (SSSR count). The number of hydrogen-bond donors (Lipinski definition) is 0. The minimum Gasteiger partial charge on any atom is -0.354 e. The molecule has 1 atom stereocenters. The van der Waals surface area contributed by atoms with E-state index < -0.39 is 0 Å². The molecule has 5 heterocycles. The number of fused-ring (bicyclic) bond motifs is 2. The van der Waals surface area contributed by atoms with Gasteiger partial charge in [0.1, 0.15) is 23.0 Å². The van der Waals surface area contributed by atoms with Crippen LogP contribution in [0, 0.1) is 5.82 Å². The zero-order valence-electron chi connectivity index (χ0n) is 17.2. The van der Waals surface area contributed by atoms with Gasteiger partial charge >= 0.3 is 0 Å². The van der Waals surface area contributed by atoms with Crippen LogP contribution in [0.5, 0.6) is 0 Å². The van der Waals surface area contributed by atoms with Crippen LogP contribution in [-0.2, 0) is 0 Å². The fourth-order valence-electron chi connectivity index (χ4n) is 4.85. The number of hydrogen-bond acceptors (Lipinski definition) is 5. The largest absolute Gasteiger partial charge is 0.354 e. The fraction of sp³-hybridized carbons (Fsp3) is 0.292. The average Bonchev–Trinajstić information content (AvgIpc) is 3.43. The van der Waals surface area contributed by atoms with Crippen LogP contribution >= 0.6 is 0 Å². The minimum absolute atomic E-state index is 0.262. The Morgan fingerprint density at radius 1 is 0.871 bits per heavy atom. The molecule has 2 saturated heterocycles. The zero-order chi connectivity index (χ0) is 20.8. The minimum atomic E-state index is -0.262. The summed E-state index contributed by atoms with van der Waals surface area (Å²) in [4.78, 5) is 19.1. The maximum atomic E-state index is 13.5. The summed E-state index contributed by atoms with van der Waals surface area (Å²) in [6, 6.07) is 15.1. The predicted octanol–water partition coefficient (Wildman–Crippen LogP) is 3.91. The van der Waals surface area contributed by atoms with Crippen LogP contribution in [0.25, 0.3) is 28.2 Å². The lowest BCUT2D eigenvalue weighted by molar-refractivity contribution is 0.230. The van der Waals surface area contributed by atoms with Gasteiger partial charge in [0.15, 0.2) is 5.65 Å². The van der Waals surface area contributed by atoms with Crippen molar-refractivity contribution >= 4 is 17.0 Å². The molecule has 7 heteroatoms. The number of benzene rings is 1. The molecule has 0 amide bonds. The molecule has 1 aromatic carbocycles. The van der Waals surface area contributed by atoms with E-state index in [-0.39, 0.29) is 5.82 Å². The molecular formula is C24H23FN6. The number of anilines is 1. The monoisotopic (exact) mass is 414 g/mol. The second kappa shape index (κ2) is 7.42. The molecule has 3 aromatic heterocycles. The van der Waals surface area contributed by atoms with Gasteiger partial charge in [0, 0.05) is 43.6 Å². The van der Waals surface area contributed by atoms with Crippen molar-refractivity contribution in [1.29, 1.82) is 0 Å². The second-order valence-corrected chi connectivity index (χ2v) is 8.27. The molecule has 2 fully saturated rings. The van der Waals surface area contributed by atoms with Crippen molar-refractivity contribution < 1.29 is 4.39 Å². The third-order valence-corrected chi connectivity index (χ3v) is 6.42. The summed E-state index contributed by atoms with van der Waals surface area (Å²) in [7, 11) is 0. The highest BCUT2D eigenvalue weighted by Crippen LogP contribution is 2.30. The fourth-order valence-corrected chi connectivity index (χ4v) is 4.85. The van der Waals surface area contributed by atoms with Gasteiger partial charge in [0.05, 0.1) is 5.69 Å². The van der Waals surface area contributed by atoms with Crippen molar-refractivity contribution in [3.63, 3.8) is 0 Å². The SMILES string of the molecule is Fc1ccc(-c2nc3ccc(N4CCN5CCC[C@@H]5C4)nc3n2-c2ccncc2)cc1. The molecular weight excluding hydrogens is 391 g/mol. The summed E-state index contributed by atoms with van der Waals surface area (Å²) in [5.41, 5.74) is 3.40. The summed E-state index contributed by atoms with van der Waals surface area (Å²) in [5, 5.41) is 0. The summed E-state index contributed by atoms with van der Waals surface area (Å²) >= 11 is 0. The van der Waals surface area contributed by atoms with E-state index in [9.17, 15) is 4.39 Å². The van der Waals surface area contributed by atoms with Gasteiger partial charge in [0.2, 0.25) is 0 Å². The van der Waals surface area contributed by atoms with E-state index in [4.69, 9.17) is 9.97 Å². The van der Waals surface area contributed by atoms with Crippen LogP contribution in [0.1, 0.15) is 12.8 Å². The van der Waals surface area contributed by atoms with Gasteiger partial charge in [-0.15, -0.1) is 0 Å². The molecule has 31 heavy (non-hydrogen) atoms. The van der Waals surface area contributed by atoms with Crippen molar-refractivity contribution in [1.82, 2.24) is 24.4 Å². The molecule has 0 N–H and O–H groups in total. The van der Waals surface area contributed by atoms with E-state index in [2.05, 4.69) is 20.9 Å². The molecule has 0 aliphatic carbocycles. The summed E-state index contributed by atoms with van der Waals surface area (Å²) in [6.07, 6.45) is 6.08. The molecule has 6 nitrogen and oxygen atoms in total. The average molecular weight is 414 g/mol. The van der Waals surface area contributed by atoms with Crippen molar-refractivity contribution in [3.05, 3.63) is 66.7 Å². The third kappa shape index (κ3) is 3.25. The van der Waals surface area contributed by atoms with Crippen molar-refractivity contribution in [3.8, 4) is 17.1 Å². The Kier molecular flexibility index (Phi) is 4.42. The molecule has 4 aromatic rings. The molecule has 0 spiro atoms. The number of halogens is 1. The van der Waals surface area contributed by atoms with E-state index in [1.54, 1.807) is 24.5 Å². The Bertz CT molecular complexity index is 1220. The number of rotatable bonds is 3. The van der Waals surface area contributed by atoms with Crippen LogP contribution in [0.15, 0.2) is 60.9 Å². The third-order valence-electron chi connectivity index (χ3n) is 6.42. The Morgan fingerprint density at radius 3 is 2.55 bits per heavy atom.